The smallest absolute Gasteiger partial charge is 0.259 e. The summed E-state index contributed by atoms with van der Waals surface area (Å²) in [6.07, 6.45) is 0.738. The summed E-state index contributed by atoms with van der Waals surface area (Å²) in [7, 11) is 0. The van der Waals surface area contributed by atoms with Crippen LogP contribution in [0.15, 0.2) is 59.7 Å². The van der Waals surface area contributed by atoms with E-state index in [1.165, 1.54) is 0 Å². The van der Waals surface area contributed by atoms with Crippen molar-refractivity contribution >= 4 is 28.9 Å². The molecule has 0 saturated carbocycles. The lowest BCUT2D eigenvalue weighted by Crippen LogP contribution is -2.27. The number of hydrazone groups is 1. The van der Waals surface area contributed by atoms with Crippen LogP contribution in [-0.2, 0) is 4.79 Å². The quantitative estimate of drug-likeness (QED) is 0.631. The summed E-state index contributed by atoms with van der Waals surface area (Å²) in [4.78, 5) is 11.9. The molecule has 0 aliphatic carbocycles. The molecule has 0 fully saturated rings. The molecule has 2 rings (SSSR count). The van der Waals surface area contributed by atoms with E-state index in [1.54, 1.807) is 6.07 Å². The molecule has 22 heavy (non-hydrogen) atoms. The lowest BCUT2D eigenvalue weighted by atomic mass is 10.1. The van der Waals surface area contributed by atoms with Crippen molar-refractivity contribution < 1.29 is 4.79 Å². The first-order chi connectivity index (χ1) is 10.7. The molecule has 0 unspecified atom stereocenters. The predicted octanol–water partition coefficient (Wildman–Crippen LogP) is 3.68. The fourth-order valence-corrected chi connectivity index (χ4v) is 2.13. The van der Waals surface area contributed by atoms with Gasteiger partial charge in [-0.25, -0.2) is 5.43 Å². The van der Waals surface area contributed by atoms with Crippen LogP contribution in [0.1, 0.15) is 18.9 Å². The van der Waals surface area contributed by atoms with E-state index in [9.17, 15) is 4.79 Å². The maximum absolute atomic E-state index is 11.9. The average molecular weight is 316 g/mol. The van der Waals surface area contributed by atoms with E-state index in [1.807, 2.05) is 55.5 Å². The van der Waals surface area contributed by atoms with E-state index in [0.29, 0.717) is 5.02 Å². The lowest BCUT2D eigenvalue weighted by molar-refractivity contribution is -0.119. The predicted molar refractivity (Wildman–Crippen MR) is 91.4 cm³/mol. The van der Waals surface area contributed by atoms with Gasteiger partial charge in [-0.1, -0.05) is 61.0 Å². The van der Waals surface area contributed by atoms with Crippen LogP contribution in [-0.4, -0.2) is 18.2 Å². The zero-order valence-corrected chi connectivity index (χ0v) is 13.1. The minimum Gasteiger partial charge on any atom is -0.375 e. The zero-order valence-electron chi connectivity index (χ0n) is 12.3. The van der Waals surface area contributed by atoms with Crippen molar-refractivity contribution in [3.05, 3.63) is 65.2 Å². The van der Waals surface area contributed by atoms with Crippen LogP contribution in [0.2, 0.25) is 5.02 Å². The molecule has 0 aliphatic rings. The van der Waals surface area contributed by atoms with Crippen molar-refractivity contribution in [3.63, 3.8) is 0 Å². The molecule has 5 heteroatoms. The van der Waals surface area contributed by atoms with Gasteiger partial charge >= 0.3 is 0 Å². The molecule has 0 heterocycles. The monoisotopic (exact) mass is 315 g/mol. The van der Waals surface area contributed by atoms with Gasteiger partial charge in [-0.2, -0.15) is 5.10 Å². The fraction of sp³-hybridized carbons (Fsp3) is 0.176. The van der Waals surface area contributed by atoms with Gasteiger partial charge in [0.05, 0.1) is 23.0 Å². The number of carbonyl (C=O) groups is 1. The largest absolute Gasteiger partial charge is 0.375 e. The van der Waals surface area contributed by atoms with Crippen molar-refractivity contribution in [2.75, 3.05) is 11.9 Å². The standard InChI is InChI=1S/C17H18ClN3O/c1-2-15(13-8-4-3-5-9-13)20-21-17(22)12-19-16-11-7-6-10-14(16)18/h3-11,19H,2,12H2,1H3,(H,21,22)/b20-15-. The molecular formula is C17H18ClN3O. The van der Waals surface area contributed by atoms with Crippen molar-refractivity contribution in [2.45, 2.75) is 13.3 Å². The van der Waals surface area contributed by atoms with Crippen molar-refractivity contribution in [3.8, 4) is 0 Å². The van der Waals surface area contributed by atoms with Crippen molar-refractivity contribution in [1.29, 1.82) is 0 Å². The number of benzene rings is 2. The first-order valence-corrected chi connectivity index (χ1v) is 7.47. The second-order valence-electron chi connectivity index (χ2n) is 4.65. The van der Waals surface area contributed by atoms with E-state index in [0.717, 1.165) is 23.4 Å². The molecule has 2 N–H and O–H groups in total. The molecule has 0 aromatic heterocycles. The third kappa shape index (κ3) is 4.60. The van der Waals surface area contributed by atoms with Crippen LogP contribution in [0.4, 0.5) is 5.69 Å². The van der Waals surface area contributed by atoms with Gasteiger partial charge < -0.3 is 5.32 Å². The third-order valence-electron chi connectivity index (χ3n) is 3.07. The zero-order chi connectivity index (χ0) is 15.8. The van der Waals surface area contributed by atoms with E-state index < -0.39 is 0 Å². The number of amides is 1. The van der Waals surface area contributed by atoms with Crippen LogP contribution in [0, 0.1) is 0 Å². The molecule has 1 amide bonds. The summed E-state index contributed by atoms with van der Waals surface area (Å²) in [6.45, 7) is 2.11. The number of rotatable bonds is 6. The minimum atomic E-state index is -0.221. The molecule has 0 spiro atoms. The highest BCUT2D eigenvalue weighted by Crippen LogP contribution is 2.19. The highest BCUT2D eigenvalue weighted by molar-refractivity contribution is 6.33. The van der Waals surface area contributed by atoms with Crippen LogP contribution in [0.5, 0.6) is 0 Å². The first-order valence-electron chi connectivity index (χ1n) is 7.10. The number of hydrogen-bond acceptors (Lipinski definition) is 3. The van der Waals surface area contributed by atoms with Crippen LogP contribution in [0.25, 0.3) is 0 Å². The van der Waals surface area contributed by atoms with Gasteiger partial charge in [0.2, 0.25) is 0 Å². The Hall–Kier alpha value is -2.33. The summed E-state index contributed by atoms with van der Waals surface area (Å²) in [5.74, 6) is -0.221. The van der Waals surface area contributed by atoms with Gasteiger partial charge in [0, 0.05) is 0 Å². The minimum absolute atomic E-state index is 0.110. The van der Waals surface area contributed by atoms with E-state index in [4.69, 9.17) is 11.6 Å². The number of para-hydroxylation sites is 1. The highest BCUT2D eigenvalue weighted by atomic mass is 35.5. The van der Waals surface area contributed by atoms with Gasteiger partial charge in [-0.15, -0.1) is 0 Å². The Morgan fingerprint density at radius 1 is 1.09 bits per heavy atom. The Labute approximate surface area is 135 Å². The van der Waals surface area contributed by atoms with Gasteiger partial charge in [-0.05, 0) is 24.1 Å². The Balaban J connectivity index is 1.91. The summed E-state index contributed by atoms with van der Waals surface area (Å²) in [5.41, 5.74) is 5.13. The van der Waals surface area contributed by atoms with Crippen LogP contribution >= 0.6 is 11.6 Å². The fourth-order valence-electron chi connectivity index (χ4n) is 1.93. The van der Waals surface area contributed by atoms with Crippen LogP contribution in [0.3, 0.4) is 0 Å². The summed E-state index contributed by atoms with van der Waals surface area (Å²) in [6, 6.07) is 17.1. The topological polar surface area (TPSA) is 53.5 Å². The highest BCUT2D eigenvalue weighted by Gasteiger charge is 2.04. The number of nitrogens with one attached hydrogen (secondary N) is 2. The van der Waals surface area contributed by atoms with Gasteiger partial charge in [0.15, 0.2) is 0 Å². The third-order valence-corrected chi connectivity index (χ3v) is 3.40. The normalized spacial score (nSPS) is 11.1. The molecule has 0 radical (unpaired) electrons. The number of nitrogens with zero attached hydrogens (tertiary/aromatic N) is 1. The second kappa shape index (κ2) is 8.20. The maximum Gasteiger partial charge on any atom is 0.259 e. The Morgan fingerprint density at radius 3 is 2.45 bits per heavy atom. The number of carbonyl (C=O) groups excluding carboxylic acids is 1. The summed E-state index contributed by atoms with van der Waals surface area (Å²) >= 11 is 6.02. The Bertz CT molecular complexity index is 656. The number of anilines is 1. The molecule has 114 valence electrons. The molecular weight excluding hydrogens is 298 g/mol. The molecule has 2 aromatic rings. The second-order valence-corrected chi connectivity index (χ2v) is 5.05. The van der Waals surface area contributed by atoms with Crippen molar-refractivity contribution in [1.82, 2.24) is 5.43 Å². The van der Waals surface area contributed by atoms with E-state index >= 15 is 0 Å². The average Bonchev–Trinajstić information content (AvgIpc) is 2.55. The maximum atomic E-state index is 11.9. The Kier molecular flexibility index (Phi) is 5.98. The van der Waals surface area contributed by atoms with E-state index in [-0.39, 0.29) is 12.5 Å². The molecule has 4 nitrogen and oxygen atoms in total. The molecule has 0 saturated heterocycles. The van der Waals surface area contributed by atoms with Crippen molar-refractivity contribution in [2.24, 2.45) is 5.10 Å². The first kappa shape index (κ1) is 16.0. The van der Waals surface area contributed by atoms with Gasteiger partial charge in [0.25, 0.3) is 5.91 Å². The number of halogens is 1. The Morgan fingerprint density at radius 2 is 1.77 bits per heavy atom. The molecule has 0 aliphatic heterocycles. The lowest BCUT2D eigenvalue weighted by Gasteiger charge is -2.08. The molecule has 2 aromatic carbocycles. The van der Waals surface area contributed by atoms with Crippen LogP contribution < -0.4 is 10.7 Å². The number of hydrogen-bond donors (Lipinski definition) is 2. The van der Waals surface area contributed by atoms with E-state index in [2.05, 4.69) is 15.8 Å². The molecule has 0 atom stereocenters. The summed E-state index contributed by atoms with van der Waals surface area (Å²) in [5, 5.41) is 7.75. The van der Waals surface area contributed by atoms with Gasteiger partial charge in [0.1, 0.15) is 0 Å². The van der Waals surface area contributed by atoms with Gasteiger partial charge in [-0.3, -0.25) is 4.79 Å². The molecule has 0 bridgehead atoms. The SMILES string of the molecule is CC/C(=N/NC(=O)CNc1ccccc1Cl)c1ccccc1. The summed E-state index contributed by atoms with van der Waals surface area (Å²) < 4.78 is 0.